The van der Waals surface area contributed by atoms with Crippen molar-refractivity contribution in [1.29, 1.82) is 0 Å². The van der Waals surface area contributed by atoms with Crippen LogP contribution in [0.25, 0.3) is 15.9 Å². The van der Waals surface area contributed by atoms with Crippen LogP contribution in [0.4, 0.5) is 4.39 Å². The topological polar surface area (TPSA) is 64.0 Å². The lowest BCUT2D eigenvalue weighted by Crippen LogP contribution is -2.26. The van der Waals surface area contributed by atoms with E-state index in [0.29, 0.717) is 27.8 Å². The number of benzene rings is 1. The Labute approximate surface area is 176 Å². The molecule has 29 heavy (non-hydrogen) atoms. The number of aromatic nitrogens is 2. The predicted octanol–water partition coefficient (Wildman–Crippen LogP) is 3.94. The van der Waals surface area contributed by atoms with Crippen LogP contribution in [0.15, 0.2) is 34.2 Å². The highest BCUT2D eigenvalue weighted by Gasteiger charge is 2.26. The van der Waals surface area contributed by atoms with Gasteiger partial charge in [0.1, 0.15) is 10.6 Å². The summed E-state index contributed by atoms with van der Waals surface area (Å²) in [6.45, 7) is 4.59. The van der Waals surface area contributed by atoms with Gasteiger partial charge in [0.15, 0.2) is 5.16 Å². The molecule has 2 heterocycles. The number of hydrogen-bond acceptors (Lipinski definition) is 5. The summed E-state index contributed by atoms with van der Waals surface area (Å²) in [6, 6.07) is 6.18. The fraction of sp³-hybridized carbons (Fsp3) is 0.381. The van der Waals surface area contributed by atoms with Crippen molar-refractivity contribution in [2.75, 3.05) is 12.3 Å². The van der Waals surface area contributed by atoms with Crippen LogP contribution in [-0.2, 0) is 17.6 Å². The first-order valence-electron chi connectivity index (χ1n) is 9.71. The SMILES string of the molecule is CCNC(=O)CSc1nc2sc3c(c2c(=O)n1-c1ccccc1F)CCC(C)C3. The number of thioether (sulfide) groups is 1. The number of nitrogens with zero attached hydrogens (tertiary/aromatic N) is 2. The van der Waals surface area contributed by atoms with Crippen molar-refractivity contribution in [3.05, 3.63) is 50.9 Å². The molecule has 0 saturated heterocycles. The molecule has 1 aromatic carbocycles. The highest BCUT2D eigenvalue weighted by molar-refractivity contribution is 7.99. The molecule has 0 saturated carbocycles. The molecule has 1 aliphatic rings. The molecule has 2 aromatic heterocycles. The fourth-order valence-electron chi connectivity index (χ4n) is 3.69. The number of hydrogen-bond donors (Lipinski definition) is 1. The number of aryl methyl sites for hydroxylation is 1. The van der Waals surface area contributed by atoms with Gasteiger partial charge in [0.25, 0.3) is 5.56 Å². The Morgan fingerprint density at radius 2 is 2.21 bits per heavy atom. The number of para-hydroxylation sites is 1. The van der Waals surface area contributed by atoms with Gasteiger partial charge in [-0.3, -0.25) is 14.2 Å². The molecular formula is C21H22FN3O2S2. The van der Waals surface area contributed by atoms with Gasteiger partial charge in [-0.05, 0) is 49.8 Å². The van der Waals surface area contributed by atoms with Crippen LogP contribution in [0.1, 0.15) is 30.7 Å². The van der Waals surface area contributed by atoms with E-state index < -0.39 is 5.82 Å². The summed E-state index contributed by atoms with van der Waals surface area (Å²) in [7, 11) is 0. The van der Waals surface area contributed by atoms with Crippen LogP contribution in [0.5, 0.6) is 0 Å². The fourth-order valence-corrected chi connectivity index (χ4v) is 5.95. The van der Waals surface area contributed by atoms with E-state index in [4.69, 9.17) is 4.98 Å². The summed E-state index contributed by atoms with van der Waals surface area (Å²) >= 11 is 2.71. The van der Waals surface area contributed by atoms with Gasteiger partial charge in [-0.2, -0.15) is 0 Å². The Hall–Kier alpha value is -2.19. The molecule has 5 nitrogen and oxygen atoms in total. The van der Waals surface area contributed by atoms with E-state index in [1.165, 1.54) is 15.5 Å². The summed E-state index contributed by atoms with van der Waals surface area (Å²) in [6.07, 6.45) is 2.82. The van der Waals surface area contributed by atoms with Crippen LogP contribution < -0.4 is 10.9 Å². The van der Waals surface area contributed by atoms with Crippen LogP contribution >= 0.6 is 23.1 Å². The van der Waals surface area contributed by atoms with Gasteiger partial charge in [-0.15, -0.1) is 11.3 Å². The van der Waals surface area contributed by atoms with Crippen molar-refractivity contribution in [3.8, 4) is 5.69 Å². The summed E-state index contributed by atoms with van der Waals surface area (Å²) in [5.74, 6) is 0.0537. The molecule has 4 rings (SSSR count). The third kappa shape index (κ3) is 3.83. The normalized spacial score (nSPS) is 16.0. The molecular weight excluding hydrogens is 409 g/mol. The minimum absolute atomic E-state index is 0.113. The third-order valence-corrected chi connectivity index (χ3v) is 7.19. The molecule has 1 atom stereocenters. The number of halogens is 1. The molecule has 1 aliphatic carbocycles. The average molecular weight is 432 g/mol. The average Bonchev–Trinajstić information content (AvgIpc) is 3.05. The van der Waals surface area contributed by atoms with Crippen molar-refractivity contribution >= 4 is 39.2 Å². The van der Waals surface area contributed by atoms with Crippen LogP contribution in [0, 0.1) is 11.7 Å². The first-order valence-corrected chi connectivity index (χ1v) is 11.5. The van der Waals surface area contributed by atoms with E-state index in [0.717, 1.165) is 36.6 Å². The molecule has 1 N–H and O–H groups in total. The predicted molar refractivity (Wildman–Crippen MR) is 116 cm³/mol. The second-order valence-electron chi connectivity index (χ2n) is 7.26. The third-order valence-electron chi connectivity index (χ3n) is 5.10. The number of fused-ring (bicyclic) bond motifs is 3. The van der Waals surface area contributed by atoms with Crippen LogP contribution in [0.2, 0.25) is 0 Å². The van der Waals surface area contributed by atoms with Gasteiger partial charge < -0.3 is 5.32 Å². The monoisotopic (exact) mass is 431 g/mol. The maximum atomic E-state index is 14.6. The van der Waals surface area contributed by atoms with E-state index in [9.17, 15) is 14.0 Å². The zero-order chi connectivity index (χ0) is 20.5. The number of carbonyl (C=O) groups is 1. The lowest BCUT2D eigenvalue weighted by atomic mass is 9.89. The molecule has 1 unspecified atom stereocenters. The largest absolute Gasteiger partial charge is 0.356 e. The second-order valence-corrected chi connectivity index (χ2v) is 9.29. The van der Waals surface area contributed by atoms with E-state index in [-0.39, 0.29) is 22.9 Å². The molecule has 8 heteroatoms. The molecule has 3 aromatic rings. The number of amides is 1. The first-order chi connectivity index (χ1) is 14.0. The smallest absolute Gasteiger partial charge is 0.267 e. The van der Waals surface area contributed by atoms with E-state index in [1.807, 2.05) is 6.92 Å². The molecule has 0 radical (unpaired) electrons. The lowest BCUT2D eigenvalue weighted by Gasteiger charge is -2.18. The first kappa shape index (κ1) is 20.1. The number of rotatable bonds is 5. The Kier molecular flexibility index (Phi) is 5.74. The molecule has 0 aliphatic heterocycles. The van der Waals surface area contributed by atoms with Crippen LogP contribution in [0.3, 0.4) is 0 Å². The van der Waals surface area contributed by atoms with Gasteiger partial charge in [0, 0.05) is 11.4 Å². The molecule has 152 valence electrons. The van der Waals surface area contributed by atoms with Crippen molar-refractivity contribution in [1.82, 2.24) is 14.9 Å². The molecule has 0 fully saturated rings. The standard InChI is InChI=1S/C21H22FN3O2S2/c1-3-23-17(26)11-28-21-24-19-18(13-9-8-12(2)10-16(13)29-19)20(27)25(21)15-7-5-4-6-14(15)22/h4-7,12H,3,8-11H2,1-2H3,(H,23,26). The summed E-state index contributed by atoms with van der Waals surface area (Å²) in [4.78, 5) is 32.1. The highest BCUT2D eigenvalue weighted by atomic mass is 32.2. The van der Waals surface area contributed by atoms with E-state index in [1.54, 1.807) is 29.5 Å². The van der Waals surface area contributed by atoms with E-state index in [2.05, 4.69) is 12.2 Å². The molecule has 0 bridgehead atoms. The van der Waals surface area contributed by atoms with Gasteiger partial charge in [-0.1, -0.05) is 30.8 Å². The zero-order valence-corrected chi connectivity index (χ0v) is 18.0. The van der Waals surface area contributed by atoms with Crippen LogP contribution in [-0.4, -0.2) is 27.8 Å². The van der Waals surface area contributed by atoms with Gasteiger partial charge in [0.2, 0.25) is 5.91 Å². The van der Waals surface area contributed by atoms with Gasteiger partial charge in [-0.25, -0.2) is 9.37 Å². The number of nitrogens with one attached hydrogen (secondary N) is 1. The summed E-state index contributed by atoms with van der Waals surface area (Å²) in [5.41, 5.74) is 0.964. The number of carbonyl (C=O) groups excluding carboxylic acids is 1. The minimum atomic E-state index is -0.492. The zero-order valence-electron chi connectivity index (χ0n) is 16.3. The van der Waals surface area contributed by atoms with Gasteiger partial charge >= 0.3 is 0 Å². The Bertz CT molecular complexity index is 1140. The Balaban J connectivity index is 1.90. The van der Waals surface area contributed by atoms with Crippen molar-refractivity contribution in [3.63, 3.8) is 0 Å². The lowest BCUT2D eigenvalue weighted by molar-refractivity contribution is -0.118. The van der Waals surface area contributed by atoms with Gasteiger partial charge in [0.05, 0.1) is 16.8 Å². The summed E-state index contributed by atoms with van der Waals surface area (Å²) in [5, 5.41) is 3.67. The van der Waals surface area contributed by atoms with E-state index >= 15 is 0 Å². The second kappa shape index (κ2) is 8.28. The maximum absolute atomic E-state index is 14.6. The number of thiophene rings is 1. The van der Waals surface area contributed by atoms with Crippen molar-refractivity contribution in [2.45, 2.75) is 38.3 Å². The Morgan fingerprint density at radius 3 is 2.97 bits per heavy atom. The molecule has 0 spiro atoms. The summed E-state index contributed by atoms with van der Waals surface area (Å²) < 4.78 is 15.9. The quantitative estimate of drug-likeness (QED) is 0.491. The Morgan fingerprint density at radius 1 is 1.41 bits per heavy atom. The minimum Gasteiger partial charge on any atom is -0.356 e. The van der Waals surface area contributed by atoms with Crippen molar-refractivity contribution in [2.24, 2.45) is 5.92 Å². The van der Waals surface area contributed by atoms with Crippen molar-refractivity contribution < 1.29 is 9.18 Å². The highest BCUT2D eigenvalue weighted by Crippen LogP contribution is 2.37. The molecule has 1 amide bonds. The maximum Gasteiger partial charge on any atom is 0.267 e.